The van der Waals surface area contributed by atoms with Crippen molar-refractivity contribution in [2.24, 2.45) is 0 Å². The molecule has 5 heteroatoms. The van der Waals surface area contributed by atoms with E-state index in [0.717, 1.165) is 17.1 Å². The summed E-state index contributed by atoms with van der Waals surface area (Å²) < 4.78 is 32.1. The molecule has 6 aromatic rings. The molecule has 0 aromatic heterocycles. The van der Waals surface area contributed by atoms with Crippen molar-refractivity contribution in [2.75, 3.05) is 4.90 Å². The van der Waals surface area contributed by atoms with Gasteiger partial charge >= 0.3 is 245 Å². The van der Waals surface area contributed by atoms with E-state index in [1.807, 2.05) is 18.2 Å². The molecule has 7 rings (SSSR count). The quantitative estimate of drug-likeness (QED) is 0.236. The molecule has 1 heterocycles. The monoisotopic (exact) mass is 611 g/mol. The minimum atomic E-state index is -3.61. The standard InChI is InChI=1S/C36H27GeNO2S/c39-41(40,31-18-8-3-9-19-31)32-26-24-30(25-27-32)38-35-22-12-10-20-33(35)37(28-14-4-1-5-15-28,29-16-6-2-7-17-29)34-21-11-13-23-36(34)38/h1-27H. The van der Waals surface area contributed by atoms with Gasteiger partial charge in [0.1, 0.15) is 0 Å². The summed E-state index contributed by atoms with van der Waals surface area (Å²) in [6.45, 7) is 0. The molecule has 3 nitrogen and oxygen atoms in total. The van der Waals surface area contributed by atoms with Crippen LogP contribution in [0.1, 0.15) is 0 Å². The minimum absolute atomic E-state index is 0.284. The van der Waals surface area contributed by atoms with Gasteiger partial charge in [-0.15, -0.1) is 0 Å². The molecule has 0 spiro atoms. The number of rotatable bonds is 5. The molecule has 0 bridgehead atoms. The molecule has 0 radical (unpaired) electrons. The van der Waals surface area contributed by atoms with Gasteiger partial charge in [0.2, 0.25) is 0 Å². The predicted octanol–water partition coefficient (Wildman–Crippen LogP) is 5.68. The summed E-state index contributed by atoms with van der Waals surface area (Å²) in [5.41, 5.74) is 3.20. The Morgan fingerprint density at radius 1 is 0.415 bits per heavy atom. The van der Waals surface area contributed by atoms with Crippen molar-refractivity contribution in [3.8, 4) is 0 Å². The molecule has 1 aliphatic rings. The summed E-state index contributed by atoms with van der Waals surface area (Å²) in [7, 11) is -3.61. The Morgan fingerprint density at radius 3 is 1.29 bits per heavy atom. The second-order valence-electron chi connectivity index (χ2n) is 10.2. The van der Waals surface area contributed by atoms with E-state index in [9.17, 15) is 8.42 Å². The average Bonchev–Trinajstić information content (AvgIpc) is 3.05. The zero-order valence-electron chi connectivity index (χ0n) is 22.3. The summed E-state index contributed by atoms with van der Waals surface area (Å²) in [5, 5.41) is 0. The van der Waals surface area contributed by atoms with Crippen LogP contribution in [0.25, 0.3) is 0 Å². The van der Waals surface area contributed by atoms with E-state index >= 15 is 0 Å². The van der Waals surface area contributed by atoms with Crippen LogP contribution in [0, 0.1) is 0 Å². The van der Waals surface area contributed by atoms with Crippen molar-refractivity contribution in [3.63, 3.8) is 0 Å². The van der Waals surface area contributed by atoms with Gasteiger partial charge in [-0.2, -0.15) is 0 Å². The fourth-order valence-electron chi connectivity index (χ4n) is 6.20. The number of nitrogens with zero attached hydrogens (tertiary/aromatic N) is 1. The first kappa shape index (κ1) is 25.6. The van der Waals surface area contributed by atoms with Crippen LogP contribution in [-0.2, 0) is 9.84 Å². The second kappa shape index (κ2) is 10.2. The van der Waals surface area contributed by atoms with Crippen molar-refractivity contribution in [3.05, 3.63) is 164 Å². The normalized spacial score (nSPS) is 13.7. The van der Waals surface area contributed by atoms with Gasteiger partial charge in [0, 0.05) is 0 Å². The van der Waals surface area contributed by atoms with Crippen LogP contribution in [0.15, 0.2) is 174 Å². The van der Waals surface area contributed by atoms with Crippen molar-refractivity contribution < 1.29 is 8.42 Å². The average molecular weight is 610 g/mol. The van der Waals surface area contributed by atoms with Crippen LogP contribution in [0.5, 0.6) is 0 Å². The molecule has 0 atom stereocenters. The first-order valence-corrected chi connectivity index (χ1v) is 19.3. The van der Waals surface area contributed by atoms with E-state index in [4.69, 9.17) is 0 Å². The van der Waals surface area contributed by atoms with Crippen LogP contribution in [0.3, 0.4) is 0 Å². The van der Waals surface area contributed by atoms with Crippen LogP contribution >= 0.6 is 0 Å². The van der Waals surface area contributed by atoms with E-state index in [-0.39, 0.29) is 4.90 Å². The molecule has 0 fully saturated rings. The third kappa shape index (κ3) is 4.05. The van der Waals surface area contributed by atoms with Crippen LogP contribution in [0.2, 0.25) is 0 Å². The van der Waals surface area contributed by atoms with Crippen molar-refractivity contribution in [2.45, 2.75) is 9.79 Å². The van der Waals surface area contributed by atoms with E-state index in [1.54, 1.807) is 36.4 Å². The van der Waals surface area contributed by atoms with Crippen molar-refractivity contribution in [1.29, 1.82) is 0 Å². The summed E-state index contributed by atoms with van der Waals surface area (Å²) in [6, 6.07) is 55.3. The molecular formula is C36H27GeNO2S. The summed E-state index contributed by atoms with van der Waals surface area (Å²) in [6.07, 6.45) is 0. The predicted molar refractivity (Wildman–Crippen MR) is 170 cm³/mol. The van der Waals surface area contributed by atoms with Crippen LogP contribution in [-0.4, -0.2) is 21.7 Å². The van der Waals surface area contributed by atoms with Gasteiger partial charge in [-0.1, -0.05) is 0 Å². The number of anilines is 3. The molecule has 0 aliphatic carbocycles. The fourth-order valence-corrected chi connectivity index (χ4v) is 18.2. The molecule has 1 aliphatic heterocycles. The Morgan fingerprint density at radius 2 is 0.805 bits per heavy atom. The molecule has 0 unspecified atom stereocenters. The molecule has 0 saturated heterocycles. The van der Waals surface area contributed by atoms with Gasteiger partial charge in [-0.3, -0.25) is 0 Å². The fraction of sp³-hybridized carbons (Fsp3) is 0. The van der Waals surface area contributed by atoms with Gasteiger partial charge in [-0.25, -0.2) is 0 Å². The number of fused-ring (bicyclic) bond motifs is 2. The first-order chi connectivity index (χ1) is 20.1. The number of benzene rings is 6. The van der Waals surface area contributed by atoms with E-state index in [2.05, 4.69) is 114 Å². The number of para-hydroxylation sites is 2. The third-order valence-electron chi connectivity index (χ3n) is 7.97. The van der Waals surface area contributed by atoms with Gasteiger partial charge in [-0.05, 0) is 0 Å². The maximum atomic E-state index is 13.3. The van der Waals surface area contributed by atoms with Crippen molar-refractivity contribution >= 4 is 57.7 Å². The molecular weight excluding hydrogens is 583 g/mol. The van der Waals surface area contributed by atoms with Gasteiger partial charge < -0.3 is 0 Å². The number of hydrogen-bond donors (Lipinski definition) is 0. The topological polar surface area (TPSA) is 37.4 Å². The zero-order chi connectivity index (χ0) is 27.9. The summed E-state index contributed by atoms with van der Waals surface area (Å²) in [5.74, 6) is 0. The zero-order valence-corrected chi connectivity index (χ0v) is 25.2. The molecule has 198 valence electrons. The Kier molecular flexibility index (Phi) is 6.37. The molecule has 0 amide bonds. The molecule has 0 N–H and O–H groups in total. The van der Waals surface area contributed by atoms with E-state index in [1.165, 1.54) is 17.6 Å². The SMILES string of the molecule is O=S(=O)(c1ccccc1)c1ccc(N2c3cccc[c]3[Ge]([c]3ccccc3)([c]3ccccc3)[c]3ccccc32)cc1. The van der Waals surface area contributed by atoms with E-state index in [0.29, 0.717) is 4.90 Å². The Balaban J connectivity index is 1.46. The summed E-state index contributed by atoms with van der Waals surface area (Å²) in [4.78, 5) is 2.87. The number of sulfone groups is 1. The van der Waals surface area contributed by atoms with Crippen molar-refractivity contribution in [1.82, 2.24) is 0 Å². The van der Waals surface area contributed by atoms with Gasteiger partial charge in [0.25, 0.3) is 0 Å². The Labute approximate surface area is 243 Å². The van der Waals surface area contributed by atoms with Gasteiger partial charge in [0.15, 0.2) is 0 Å². The number of hydrogen-bond acceptors (Lipinski definition) is 3. The first-order valence-electron chi connectivity index (χ1n) is 13.6. The molecule has 6 aromatic carbocycles. The molecule has 0 saturated carbocycles. The second-order valence-corrected chi connectivity index (χ2v) is 19.9. The summed E-state index contributed by atoms with van der Waals surface area (Å²) >= 11 is -3.42. The van der Waals surface area contributed by atoms with Crippen LogP contribution < -0.4 is 22.5 Å². The van der Waals surface area contributed by atoms with Gasteiger partial charge in [0.05, 0.1) is 0 Å². The Bertz CT molecular complexity index is 1850. The van der Waals surface area contributed by atoms with Crippen LogP contribution in [0.4, 0.5) is 17.1 Å². The Hall–Kier alpha value is -4.39. The van der Waals surface area contributed by atoms with E-state index < -0.39 is 23.1 Å². The third-order valence-corrected chi connectivity index (χ3v) is 20.0. The molecule has 41 heavy (non-hydrogen) atoms. The maximum absolute atomic E-state index is 13.3.